The van der Waals surface area contributed by atoms with Gasteiger partial charge < -0.3 is 11.5 Å². The Morgan fingerprint density at radius 1 is 1.00 bits per heavy atom. The Morgan fingerprint density at radius 2 is 1.79 bits per heavy atom. The predicted molar refractivity (Wildman–Crippen MR) is 78.6 cm³/mol. The van der Waals surface area contributed by atoms with Gasteiger partial charge in [-0.3, -0.25) is 0 Å². The van der Waals surface area contributed by atoms with Gasteiger partial charge in [-0.2, -0.15) is 0 Å². The van der Waals surface area contributed by atoms with Crippen LogP contribution in [0.4, 0.5) is 5.82 Å². The maximum atomic E-state index is 5.92. The fraction of sp³-hybridized carbons (Fsp3) is 0.312. The molecule has 0 bridgehead atoms. The number of rotatable bonds is 2. The molecule has 0 amide bonds. The minimum atomic E-state index is 0.434. The number of fused-ring (bicyclic) bond motifs is 1. The summed E-state index contributed by atoms with van der Waals surface area (Å²) in [5, 5.41) is 0. The van der Waals surface area contributed by atoms with Crippen molar-refractivity contribution in [2.45, 2.75) is 32.2 Å². The Labute approximate surface area is 113 Å². The van der Waals surface area contributed by atoms with E-state index < -0.39 is 0 Å². The van der Waals surface area contributed by atoms with Crippen molar-refractivity contribution in [1.82, 2.24) is 4.98 Å². The molecule has 1 aromatic heterocycles. The Balaban J connectivity index is 2.00. The molecule has 0 fully saturated rings. The highest BCUT2D eigenvalue weighted by Gasteiger charge is 2.11. The molecule has 0 radical (unpaired) electrons. The maximum Gasteiger partial charge on any atom is 0.128 e. The lowest BCUT2D eigenvalue weighted by Gasteiger charge is -2.16. The van der Waals surface area contributed by atoms with Crippen molar-refractivity contribution in [3.8, 4) is 11.3 Å². The van der Waals surface area contributed by atoms with E-state index in [0.29, 0.717) is 12.4 Å². The summed E-state index contributed by atoms with van der Waals surface area (Å²) in [5.74, 6) is 0.540. The average molecular weight is 253 g/mol. The van der Waals surface area contributed by atoms with Crippen molar-refractivity contribution < 1.29 is 0 Å². The van der Waals surface area contributed by atoms with E-state index in [1.54, 1.807) is 0 Å². The molecule has 1 heterocycles. The molecule has 19 heavy (non-hydrogen) atoms. The zero-order valence-electron chi connectivity index (χ0n) is 11.0. The highest BCUT2D eigenvalue weighted by atomic mass is 14.8. The molecule has 3 rings (SSSR count). The summed E-state index contributed by atoms with van der Waals surface area (Å²) >= 11 is 0. The molecule has 1 aliphatic rings. The first kappa shape index (κ1) is 12.2. The summed E-state index contributed by atoms with van der Waals surface area (Å²) in [6, 6.07) is 10.6. The molecule has 0 saturated carbocycles. The molecule has 0 unspecified atom stereocenters. The highest BCUT2D eigenvalue weighted by molar-refractivity contribution is 5.64. The molecule has 3 heteroatoms. The number of hydrogen-bond acceptors (Lipinski definition) is 3. The van der Waals surface area contributed by atoms with E-state index in [9.17, 15) is 0 Å². The quantitative estimate of drug-likeness (QED) is 0.864. The van der Waals surface area contributed by atoms with Gasteiger partial charge in [0.2, 0.25) is 0 Å². The summed E-state index contributed by atoms with van der Waals surface area (Å²) in [7, 11) is 0. The number of nitrogens with zero attached hydrogens (tertiary/aromatic N) is 1. The Hall–Kier alpha value is -1.87. The molecule has 0 saturated heterocycles. The third-order valence-corrected chi connectivity index (χ3v) is 3.88. The Morgan fingerprint density at radius 3 is 2.53 bits per heavy atom. The van der Waals surface area contributed by atoms with Crippen molar-refractivity contribution in [2.75, 3.05) is 5.73 Å². The minimum Gasteiger partial charge on any atom is -0.383 e. The van der Waals surface area contributed by atoms with Crippen molar-refractivity contribution in [3.05, 3.63) is 47.0 Å². The summed E-state index contributed by atoms with van der Waals surface area (Å²) in [5.41, 5.74) is 17.5. The molecule has 3 nitrogen and oxygen atoms in total. The van der Waals surface area contributed by atoms with E-state index in [0.717, 1.165) is 16.8 Å². The van der Waals surface area contributed by atoms with E-state index in [4.69, 9.17) is 11.5 Å². The van der Waals surface area contributed by atoms with Gasteiger partial charge in [-0.15, -0.1) is 0 Å². The van der Waals surface area contributed by atoms with E-state index in [2.05, 4.69) is 23.2 Å². The average Bonchev–Trinajstić information content (AvgIpc) is 2.46. The molecule has 2 aromatic rings. The van der Waals surface area contributed by atoms with Crippen molar-refractivity contribution in [1.29, 1.82) is 0 Å². The van der Waals surface area contributed by atoms with Gasteiger partial charge in [0.25, 0.3) is 0 Å². The third-order valence-electron chi connectivity index (χ3n) is 3.88. The fourth-order valence-corrected chi connectivity index (χ4v) is 2.73. The number of benzene rings is 1. The molecular weight excluding hydrogens is 234 g/mol. The standard InChI is InChI=1S/C16H19N3/c17-10-14-7-8-15(19-16(14)18)13-6-5-11-3-1-2-4-12(11)9-13/h5-9H,1-4,10,17H2,(H2,18,19). The van der Waals surface area contributed by atoms with Gasteiger partial charge in [0, 0.05) is 17.7 Å². The first-order valence-corrected chi connectivity index (χ1v) is 6.85. The van der Waals surface area contributed by atoms with Crippen LogP contribution in [-0.2, 0) is 19.4 Å². The molecule has 0 spiro atoms. The van der Waals surface area contributed by atoms with Gasteiger partial charge in [0.05, 0.1) is 5.69 Å². The van der Waals surface area contributed by atoms with Crippen LogP contribution in [-0.4, -0.2) is 4.98 Å². The second-order valence-electron chi connectivity index (χ2n) is 5.14. The van der Waals surface area contributed by atoms with Crippen molar-refractivity contribution >= 4 is 5.82 Å². The van der Waals surface area contributed by atoms with Gasteiger partial charge in [-0.05, 0) is 48.9 Å². The number of nitrogens with two attached hydrogens (primary N) is 2. The van der Waals surface area contributed by atoms with Gasteiger partial charge in [0.15, 0.2) is 0 Å². The number of pyridine rings is 1. The monoisotopic (exact) mass is 253 g/mol. The van der Waals surface area contributed by atoms with Crippen LogP contribution in [0.2, 0.25) is 0 Å². The van der Waals surface area contributed by atoms with E-state index >= 15 is 0 Å². The predicted octanol–water partition coefficient (Wildman–Crippen LogP) is 2.67. The SMILES string of the molecule is NCc1ccc(-c2ccc3c(c2)CCCC3)nc1N. The smallest absolute Gasteiger partial charge is 0.128 e. The fourth-order valence-electron chi connectivity index (χ4n) is 2.73. The lowest BCUT2D eigenvalue weighted by atomic mass is 9.90. The molecule has 98 valence electrons. The normalized spacial score (nSPS) is 14.2. The molecular formula is C16H19N3. The summed E-state index contributed by atoms with van der Waals surface area (Å²) < 4.78 is 0. The molecule has 4 N–H and O–H groups in total. The van der Waals surface area contributed by atoms with Crippen LogP contribution < -0.4 is 11.5 Å². The number of anilines is 1. The van der Waals surface area contributed by atoms with E-state index in [1.807, 2.05) is 12.1 Å². The lowest BCUT2D eigenvalue weighted by Crippen LogP contribution is -2.05. The minimum absolute atomic E-state index is 0.434. The molecule has 0 atom stereocenters. The zero-order valence-corrected chi connectivity index (χ0v) is 11.0. The van der Waals surface area contributed by atoms with Crippen molar-refractivity contribution in [2.24, 2.45) is 5.73 Å². The van der Waals surface area contributed by atoms with E-state index in [1.165, 1.54) is 36.8 Å². The number of hydrogen-bond donors (Lipinski definition) is 2. The number of nitrogen functional groups attached to an aromatic ring is 1. The van der Waals surface area contributed by atoms with Crippen LogP contribution in [0.5, 0.6) is 0 Å². The van der Waals surface area contributed by atoms with Crippen LogP contribution in [0.1, 0.15) is 29.5 Å². The van der Waals surface area contributed by atoms with Crippen LogP contribution in [0.3, 0.4) is 0 Å². The van der Waals surface area contributed by atoms with Gasteiger partial charge in [-0.1, -0.05) is 18.2 Å². The summed E-state index contributed by atoms with van der Waals surface area (Å²) in [6.45, 7) is 0.434. The topological polar surface area (TPSA) is 64.9 Å². The molecule has 1 aromatic carbocycles. The van der Waals surface area contributed by atoms with Gasteiger partial charge in [-0.25, -0.2) is 4.98 Å². The third kappa shape index (κ3) is 2.34. The van der Waals surface area contributed by atoms with Crippen LogP contribution in [0.15, 0.2) is 30.3 Å². The summed E-state index contributed by atoms with van der Waals surface area (Å²) in [6.07, 6.45) is 4.98. The lowest BCUT2D eigenvalue weighted by molar-refractivity contribution is 0.686. The summed E-state index contributed by atoms with van der Waals surface area (Å²) in [4.78, 5) is 4.46. The first-order valence-electron chi connectivity index (χ1n) is 6.85. The number of aromatic nitrogens is 1. The first-order chi connectivity index (χ1) is 9.28. The molecule has 1 aliphatic carbocycles. The highest BCUT2D eigenvalue weighted by Crippen LogP contribution is 2.27. The zero-order chi connectivity index (χ0) is 13.2. The van der Waals surface area contributed by atoms with Crippen molar-refractivity contribution in [3.63, 3.8) is 0 Å². The Bertz CT molecular complexity index is 605. The second kappa shape index (κ2) is 5.02. The second-order valence-corrected chi connectivity index (χ2v) is 5.14. The van der Waals surface area contributed by atoms with E-state index in [-0.39, 0.29) is 0 Å². The number of aryl methyl sites for hydroxylation is 2. The largest absolute Gasteiger partial charge is 0.383 e. The van der Waals surface area contributed by atoms with Gasteiger partial charge in [0.1, 0.15) is 5.82 Å². The Kier molecular flexibility index (Phi) is 3.22. The maximum absolute atomic E-state index is 5.92. The van der Waals surface area contributed by atoms with Crippen LogP contribution in [0, 0.1) is 0 Å². The van der Waals surface area contributed by atoms with Crippen LogP contribution >= 0.6 is 0 Å². The van der Waals surface area contributed by atoms with Crippen LogP contribution in [0.25, 0.3) is 11.3 Å². The van der Waals surface area contributed by atoms with Gasteiger partial charge >= 0.3 is 0 Å². The molecule has 0 aliphatic heterocycles.